The van der Waals surface area contributed by atoms with Crippen molar-refractivity contribution in [3.63, 3.8) is 0 Å². The smallest absolute Gasteiger partial charge is 0.306 e. The summed E-state index contributed by atoms with van der Waals surface area (Å²) in [7, 11) is 0. The lowest BCUT2D eigenvalue weighted by atomic mass is 9.45. The molecule has 3 saturated carbocycles. The molecular weight excluding hydrogens is 518 g/mol. The van der Waals surface area contributed by atoms with E-state index in [4.69, 9.17) is 9.84 Å². The van der Waals surface area contributed by atoms with Crippen molar-refractivity contribution in [1.29, 1.82) is 0 Å². The molecule has 0 aromatic rings. The van der Waals surface area contributed by atoms with Crippen molar-refractivity contribution in [3.05, 3.63) is 11.6 Å². The van der Waals surface area contributed by atoms with Gasteiger partial charge in [-0.05, 0) is 80.6 Å². The standard InChI is InChI=1S/C30H43NO9/c1-28-12-10-19(32)15-18(28)6-7-20-21-11-13-30(39,29(21,2)16-22(33)27(20)28)23(34)17-40-26(38)9-8-24(35)31-14-4-3-5-25(36)37/h15,20-22,27,33,39H,3-14,16-17H2,1-2H3,(H,31,35)(H,36,37)/t20-,21+,22+,27+,28+,29+,30+/m1/s1. The monoisotopic (exact) mass is 561 g/mol. The highest BCUT2D eigenvalue weighted by Gasteiger charge is 2.68. The van der Waals surface area contributed by atoms with E-state index in [2.05, 4.69) is 12.2 Å². The number of ether oxygens (including phenoxy) is 1. The zero-order valence-electron chi connectivity index (χ0n) is 23.6. The second-order valence-corrected chi connectivity index (χ2v) is 12.8. The van der Waals surface area contributed by atoms with Crippen molar-refractivity contribution in [3.8, 4) is 0 Å². The van der Waals surface area contributed by atoms with Crippen LogP contribution in [0, 0.1) is 28.6 Å². The number of carbonyl (C=O) groups is 5. The van der Waals surface area contributed by atoms with Gasteiger partial charge in [-0.15, -0.1) is 0 Å². The van der Waals surface area contributed by atoms with Gasteiger partial charge in [0, 0.05) is 31.2 Å². The highest BCUT2D eigenvalue weighted by atomic mass is 16.5. The third-order valence-corrected chi connectivity index (χ3v) is 10.6. The number of fused-ring (bicyclic) bond motifs is 5. The molecule has 1 amide bonds. The molecule has 4 N–H and O–H groups in total. The molecule has 10 nitrogen and oxygen atoms in total. The lowest BCUT2D eigenvalue weighted by molar-refractivity contribution is -0.184. The summed E-state index contributed by atoms with van der Waals surface area (Å²) in [5.74, 6) is -2.29. The maximum absolute atomic E-state index is 13.3. The van der Waals surface area contributed by atoms with Crippen LogP contribution in [0.15, 0.2) is 11.6 Å². The minimum Gasteiger partial charge on any atom is -0.481 e. The van der Waals surface area contributed by atoms with Crippen molar-refractivity contribution in [1.82, 2.24) is 5.32 Å². The number of ketones is 2. The Morgan fingerprint density at radius 2 is 1.80 bits per heavy atom. The van der Waals surface area contributed by atoms with Gasteiger partial charge < -0.3 is 25.4 Å². The van der Waals surface area contributed by atoms with Gasteiger partial charge in [-0.1, -0.05) is 19.4 Å². The fraction of sp³-hybridized carbons (Fsp3) is 0.767. The van der Waals surface area contributed by atoms with Gasteiger partial charge in [-0.3, -0.25) is 24.0 Å². The summed E-state index contributed by atoms with van der Waals surface area (Å²) in [5, 5.41) is 34.5. The molecule has 4 aliphatic rings. The first-order valence-electron chi connectivity index (χ1n) is 14.6. The topological polar surface area (TPSA) is 167 Å². The Balaban J connectivity index is 1.31. The van der Waals surface area contributed by atoms with E-state index in [0.717, 1.165) is 18.4 Å². The van der Waals surface area contributed by atoms with Crippen LogP contribution in [0.25, 0.3) is 0 Å². The minimum absolute atomic E-state index is 0.0285. The number of unbranched alkanes of at least 4 members (excludes halogenated alkanes) is 1. The Hall–Kier alpha value is -2.59. The van der Waals surface area contributed by atoms with Gasteiger partial charge in [0.1, 0.15) is 5.60 Å². The second kappa shape index (κ2) is 11.7. The number of carboxylic acid groups (broad SMARTS) is 1. The predicted octanol–water partition coefficient (Wildman–Crippen LogP) is 2.48. The number of amides is 1. The zero-order valence-corrected chi connectivity index (χ0v) is 23.6. The quantitative estimate of drug-likeness (QED) is 0.219. The van der Waals surface area contributed by atoms with Crippen LogP contribution in [-0.2, 0) is 28.7 Å². The van der Waals surface area contributed by atoms with E-state index < -0.39 is 41.4 Å². The number of aliphatic carboxylic acids is 1. The number of rotatable bonds is 11. The third kappa shape index (κ3) is 5.62. The maximum Gasteiger partial charge on any atom is 0.306 e. The van der Waals surface area contributed by atoms with Gasteiger partial charge in [0.25, 0.3) is 0 Å². The number of carboxylic acids is 1. The van der Waals surface area contributed by atoms with Crippen LogP contribution in [0.4, 0.5) is 0 Å². The average Bonchev–Trinajstić information content (AvgIpc) is 3.16. The fourth-order valence-electron chi connectivity index (χ4n) is 8.42. The molecule has 0 aromatic carbocycles. The van der Waals surface area contributed by atoms with E-state index in [1.165, 1.54) is 0 Å². The lowest BCUT2D eigenvalue weighted by Gasteiger charge is -2.60. The van der Waals surface area contributed by atoms with E-state index in [-0.39, 0.29) is 67.0 Å². The summed E-state index contributed by atoms with van der Waals surface area (Å²) >= 11 is 0. The molecule has 4 aliphatic carbocycles. The molecule has 10 heteroatoms. The molecule has 0 aliphatic heterocycles. The molecule has 0 bridgehead atoms. The fourth-order valence-corrected chi connectivity index (χ4v) is 8.42. The molecule has 0 radical (unpaired) electrons. The van der Waals surface area contributed by atoms with E-state index in [0.29, 0.717) is 38.6 Å². The van der Waals surface area contributed by atoms with Gasteiger partial charge in [-0.2, -0.15) is 0 Å². The van der Waals surface area contributed by atoms with Crippen LogP contribution in [0.3, 0.4) is 0 Å². The number of hydrogen-bond donors (Lipinski definition) is 4. The molecule has 3 fully saturated rings. The largest absolute Gasteiger partial charge is 0.481 e. The normalized spacial score (nSPS) is 36.5. The second-order valence-electron chi connectivity index (χ2n) is 12.8. The van der Waals surface area contributed by atoms with E-state index in [1.807, 2.05) is 6.92 Å². The summed E-state index contributed by atoms with van der Waals surface area (Å²) in [6, 6.07) is 0. The van der Waals surface area contributed by atoms with Crippen molar-refractivity contribution in [2.45, 2.75) is 103 Å². The number of aliphatic hydroxyl groups excluding tert-OH is 1. The van der Waals surface area contributed by atoms with E-state index in [1.54, 1.807) is 6.08 Å². The zero-order chi connectivity index (χ0) is 29.3. The Labute approximate surface area is 234 Å². The SMILES string of the molecule is C[C@]12CCC(=O)C=C1CC[C@H]1[C@H]2[C@@H](O)C[C@@]2(C)[C@H]1CC[C@]2(O)C(=O)COC(=O)CCC(=O)NCCCCC(=O)O. The number of allylic oxidation sites excluding steroid dienone is 1. The van der Waals surface area contributed by atoms with E-state index in [9.17, 15) is 34.2 Å². The summed E-state index contributed by atoms with van der Waals surface area (Å²) < 4.78 is 5.16. The number of nitrogens with one attached hydrogen (secondary N) is 1. The summed E-state index contributed by atoms with van der Waals surface area (Å²) in [6.07, 6.45) is 5.61. The number of hydrogen-bond acceptors (Lipinski definition) is 8. The molecule has 4 rings (SSSR count). The molecule has 0 heterocycles. The summed E-state index contributed by atoms with van der Waals surface area (Å²) in [6.45, 7) is 3.75. The highest BCUT2D eigenvalue weighted by Crippen LogP contribution is 2.67. The van der Waals surface area contributed by atoms with Crippen LogP contribution in [0.2, 0.25) is 0 Å². The number of Topliss-reactive ketones (excluding diaryl/α,β-unsaturated/α-hetero) is 1. The number of carbonyl (C=O) groups excluding carboxylic acids is 4. The van der Waals surface area contributed by atoms with Gasteiger partial charge >= 0.3 is 11.9 Å². The Morgan fingerprint density at radius 3 is 2.52 bits per heavy atom. The van der Waals surface area contributed by atoms with Gasteiger partial charge in [0.15, 0.2) is 12.4 Å². The maximum atomic E-state index is 13.3. The molecular formula is C30H43NO9. The first-order valence-corrected chi connectivity index (χ1v) is 14.6. The molecule has 40 heavy (non-hydrogen) atoms. The van der Waals surface area contributed by atoms with E-state index >= 15 is 0 Å². The Bertz CT molecular complexity index is 1090. The lowest BCUT2D eigenvalue weighted by Crippen LogP contribution is -2.62. The number of aliphatic hydroxyl groups is 2. The predicted molar refractivity (Wildman–Crippen MR) is 143 cm³/mol. The molecule has 0 unspecified atom stereocenters. The van der Waals surface area contributed by atoms with Crippen LogP contribution in [-0.4, -0.2) is 69.6 Å². The van der Waals surface area contributed by atoms with Crippen molar-refractivity contribution < 1.29 is 44.0 Å². The van der Waals surface area contributed by atoms with Crippen LogP contribution >= 0.6 is 0 Å². The number of esters is 1. The molecule has 222 valence electrons. The van der Waals surface area contributed by atoms with Crippen LogP contribution in [0.1, 0.15) is 90.9 Å². The van der Waals surface area contributed by atoms with Crippen LogP contribution < -0.4 is 5.32 Å². The third-order valence-electron chi connectivity index (χ3n) is 10.6. The molecule has 7 atom stereocenters. The van der Waals surface area contributed by atoms with Gasteiger partial charge in [0.05, 0.1) is 12.5 Å². The molecule has 0 spiro atoms. The van der Waals surface area contributed by atoms with Crippen molar-refractivity contribution in [2.75, 3.05) is 13.2 Å². The first kappa shape index (κ1) is 30.4. The van der Waals surface area contributed by atoms with Crippen molar-refractivity contribution >= 4 is 29.4 Å². The van der Waals surface area contributed by atoms with Crippen LogP contribution in [0.5, 0.6) is 0 Å². The minimum atomic E-state index is -1.73. The Morgan fingerprint density at radius 1 is 1.05 bits per heavy atom. The highest BCUT2D eigenvalue weighted by molar-refractivity contribution is 5.92. The average molecular weight is 562 g/mol. The Kier molecular flexibility index (Phi) is 8.90. The summed E-state index contributed by atoms with van der Waals surface area (Å²) in [5.41, 5.74) is -1.73. The molecule has 0 saturated heterocycles. The van der Waals surface area contributed by atoms with Gasteiger partial charge in [0.2, 0.25) is 11.7 Å². The first-order chi connectivity index (χ1) is 18.8. The van der Waals surface area contributed by atoms with Crippen molar-refractivity contribution in [2.24, 2.45) is 28.6 Å². The summed E-state index contributed by atoms with van der Waals surface area (Å²) in [4.78, 5) is 60.1. The van der Waals surface area contributed by atoms with Gasteiger partial charge in [-0.25, -0.2) is 0 Å². The molecule has 0 aromatic heterocycles.